The van der Waals surface area contributed by atoms with Gasteiger partial charge >= 0.3 is 0 Å². The fourth-order valence-corrected chi connectivity index (χ4v) is 2.75. The number of ether oxygens (including phenoxy) is 1. The Morgan fingerprint density at radius 2 is 1.90 bits per heavy atom. The van der Waals surface area contributed by atoms with Crippen LogP contribution in [0, 0.1) is 5.92 Å². The van der Waals surface area contributed by atoms with E-state index in [4.69, 9.17) is 4.74 Å². The number of hydrogen-bond acceptors (Lipinski definition) is 3. The van der Waals surface area contributed by atoms with E-state index in [2.05, 4.69) is 44.9 Å². The molecule has 0 aromatic heterocycles. The molecule has 0 radical (unpaired) electrons. The second-order valence-corrected chi connectivity index (χ2v) is 6.94. The van der Waals surface area contributed by atoms with Crippen LogP contribution in [0.4, 0.5) is 0 Å². The Balaban J connectivity index is 1.96. The molecule has 20 heavy (non-hydrogen) atoms. The third-order valence-electron chi connectivity index (χ3n) is 3.74. The van der Waals surface area contributed by atoms with Gasteiger partial charge in [0.1, 0.15) is 11.4 Å². The van der Waals surface area contributed by atoms with E-state index < -0.39 is 0 Å². The van der Waals surface area contributed by atoms with Gasteiger partial charge in [-0.05, 0) is 58.4 Å². The Kier molecular flexibility index (Phi) is 4.71. The number of aliphatic hydroxyl groups excluding tert-OH is 1. The lowest BCUT2D eigenvalue weighted by Crippen LogP contribution is -2.41. The molecule has 112 valence electrons. The van der Waals surface area contributed by atoms with Crippen LogP contribution in [0.1, 0.15) is 32.8 Å². The average molecular weight is 277 g/mol. The molecule has 3 heteroatoms. The van der Waals surface area contributed by atoms with E-state index in [0.29, 0.717) is 5.92 Å². The van der Waals surface area contributed by atoms with Gasteiger partial charge in [0.2, 0.25) is 0 Å². The van der Waals surface area contributed by atoms with E-state index in [9.17, 15) is 5.11 Å². The number of aliphatic hydroxyl groups is 1. The summed E-state index contributed by atoms with van der Waals surface area (Å²) < 4.78 is 5.83. The summed E-state index contributed by atoms with van der Waals surface area (Å²) in [5.74, 6) is 1.24. The molecule has 0 amide bonds. The van der Waals surface area contributed by atoms with E-state index in [1.165, 1.54) is 5.56 Å². The van der Waals surface area contributed by atoms with Crippen molar-refractivity contribution in [3.63, 3.8) is 0 Å². The number of benzene rings is 1. The van der Waals surface area contributed by atoms with Crippen molar-refractivity contribution in [3.05, 3.63) is 29.8 Å². The van der Waals surface area contributed by atoms with Crippen molar-refractivity contribution in [2.24, 2.45) is 5.92 Å². The van der Waals surface area contributed by atoms with E-state index >= 15 is 0 Å². The molecule has 1 heterocycles. The van der Waals surface area contributed by atoms with Crippen LogP contribution >= 0.6 is 0 Å². The van der Waals surface area contributed by atoms with Crippen LogP contribution in [0.3, 0.4) is 0 Å². The van der Waals surface area contributed by atoms with Crippen molar-refractivity contribution < 1.29 is 9.84 Å². The van der Waals surface area contributed by atoms with E-state index in [-0.39, 0.29) is 11.7 Å². The highest BCUT2D eigenvalue weighted by atomic mass is 16.5. The van der Waals surface area contributed by atoms with Crippen LogP contribution in [0.15, 0.2) is 24.3 Å². The Labute approximate surface area is 122 Å². The molecular formula is C17H27NO2. The predicted octanol–water partition coefficient (Wildman–Crippen LogP) is 2.72. The molecule has 1 N–H and O–H groups in total. The highest BCUT2D eigenvalue weighted by molar-refractivity contribution is 5.28. The van der Waals surface area contributed by atoms with Crippen molar-refractivity contribution in [1.29, 1.82) is 0 Å². The topological polar surface area (TPSA) is 32.7 Å². The molecule has 1 fully saturated rings. The molecule has 2 atom stereocenters. The molecule has 0 bridgehead atoms. The molecule has 1 saturated heterocycles. The molecule has 3 nitrogen and oxygen atoms in total. The molecular weight excluding hydrogens is 250 g/mol. The number of nitrogens with zero attached hydrogens (tertiary/aromatic N) is 1. The number of rotatable bonds is 3. The fraction of sp³-hybridized carbons (Fsp3) is 0.647. The van der Waals surface area contributed by atoms with Crippen molar-refractivity contribution in [2.45, 2.75) is 45.3 Å². The lowest BCUT2D eigenvalue weighted by molar-refractivity contribution is 0.0366. The Bertz CT molecular complexity index is 422. The largest absolute Gasteiger partial charge is 0.488 e. The fourth-order valence-electron chi connectivity index (χ4n) is 2.75. The normalized spacial score (nSPS) is 24.6. The maximum absolute atomic E-state index is 10.1. The van der Waals surface area contributed by atoms with Gasteiger partial charge in [0.05, 0.1) is 6.10 Å². The van der Waals surface area contributed by atoms with Gasteiger partial charge in [-0.2, -0.15) is 0 Å². The zero-order chi connectivity index (χ0) is 14.8. The van der Waals surface area contributed by atoms with Gasteiger partial charge in [-0.1, -0.05) is 12.1 Å². The van der Waals surface area contributed by atoms with Crippen molar-refractivity contribution >= 4 is 0 Å². The minimum absolute atomic E-state index is 0.163. The van der Waals surface area contributed by atoms with Crippen molar-refractivity contribution in [2.75, 3.05) is 20.1 Å². The summed E-state index contributed by atoms with van der Waals surface area (Å²) in [7, 11) is 2.12. The summed E-state index contributed by atoms with van der Waals surface area (Å²) in [5, 5.41) is 10.1. The molecule has 0 saturated carbocycles. The van der Waals surface area contributed by atoms with Crippen molar-refractivity contribution in [1.82, 2.24) is 4.90 Å². The smallest absolute Gasteiger partial charge is 0.120 e. The second kappa shape index (κ2) is 6.15. The number of likely N-dealkylation sites (tertiary alicyclic amines) is 1. The minimum atomic E-state index is -0.170. The van der Waals surface area contributed by atoms with Gasteiger partial charge in [0, 0.05) is 19.0 Å². The predicted molar refractivity (Wildman–Crippen MR) is 82.1 cm³/mol. The summed E-state index contributed by atoms with van der Waals surface area (Å²) in [5.41, 5.74) is 1.11. The second-order valence-electron chi connectivity index (χ2n) is 6.94. The van der Waals surface area contributed by atoms with Gasteiger partial charge in [-0.3, -0.25) is 0 Å². The molecule has 1 aromatic carbocycles. The molecule has 2 unspecified atom stereocenters. The van der Waals surface area contributed by atoms with Crippen molar-refractivity contribution in [3.8, 4) is 5.75 Å². The number of piperidine rings is 1. The van der Waals surface area contributed by atoms with Gasteiger partial charge in [0.15, 0.2) is 0 Å². The van der Waals surface area contributed by atoms with Crippen LogP contribution in [0.25, 0.3) is 0 Å². The van der Waals surface area contributed by atoms with Crippen LogP contribution < -0.4 is 4.74 Å². The maximum Gasteiger partial charge on any atom is 0.120 e. The van der Waals surface area contributed by atoms with E-state index in [1.54, 1.807) is 0 Å². The van der Waals surface area contributed by atoms with Crippen LogP contribution in [0.2, 0.25) is 0 Å². The Morgan fingerprint density at radius 1 is 1.25 bits per heavy atom. The summed E-state index contributed by atoms with van der Waals surface area (Å²) in [6, 6.07) is 8.28. The highest BCUT2D eigenvalue weighted by Gasteiger charge is 2.25. The van der Waals surface area contributed by atoms with Gasteiger partial charge < -0.3 is 14.7 Å². The maximum atomic E-state index is 10.1. The highest BCUT2D eigenvalue weighted by Crippen LogP contribution is 2.23. The lowest BCUT2D eigenvalue weighted by atomic mass is 9.89. The Morgan fingerprint density at radius 3 is 2.50 bits per heavy atom. The standard InChI is InChI=1S/C17H27NO2/c1-17(2,3)20-15-7-5-13(6-8-15)11-14-12-18(4)10-9-16(14)19/h5-8,14,16,19H,9-12H2,1-4H3. The molecule has 1 aliphatic heterocycles. The van der Waals surface area contributed by atoms with E-state index in [0.717, 1.165) is 31.7 Å². The zero-order valence-electron chi connectivity index (χ0n) is 13.1. The third kappa shape index (κ3) is 4.50. The average Bonchev–Trinajstić information content (AvgIpc) is 2.34. The van der Waals surface area contributed by atoms with Crippen LogP contribution in [-0.2, 0) is 6.42 Å². The zero-order valence-corrected chi connectivity index (χ0v) is 13.1. The first-order chi connectivity index (χ1) is 9.33. The van der Waals surface area contributed by atoms with E-state index in [1.807, 2.05) is 12.1 Å². The summed E-state index contributed by atoms with van der Waals surface area (Å²) in [6.07, 6.45) is 1.64. The molecule has 1 aliphatic rings. The quantitative estimate of drug-likeness (QED) is 0.922. The van der Waals surface area contributed by atoms with Gasteiger partial charge in [0.25, 0.3) is 0 Å². The minimum Gasteiger partial charge on any atom is -0.488 e. The molecule has 1 aromatic rings. The Hall–Kier alpha value is -1.06. The summed E-state index contributed by atoms with van der Waals surface area (Å²) in [6.45, 7) is 8.12. The first-order valence-corrected chi connectivity index (χ1v) is 7.48. The third-order valence-corrected chi connectivity index (χ3v) is 3.74. The molecule has 0 aliphatic carbocycles. The first kappa shape index (κ1) is 15.3. The molecule has 2 rings (SSSR count). The van der Waals surface area contributed by atoms with Crippen LogP contribution in [-0.4, -0.2) is 41.8 Å². The molecule has 0 spiro atoms. The lowest BCUT2D eigenvalue weighted by Gasteiger charge is -2.34. The summed E-state index contributed by atoms with van der Waals surface area (Å²) >= 11 is 0. The summed E-state index contributed by atoms with van der Waals surface area (Å²) in [4.78, 5) is 2.30. The van der Waals surface area contributed by atoms with Crippen LogP contribution in [0.5, 0.6) is 5.75 Å². The number of hydrogen-bond donors (Lipinski definition) is 1. The SMILES string of the molecule is CN1CCC(O)C(Cc2ccc(OC(C)(C)C)cc2)C1. The first-order valence-electron chi connectivity index (χ1n) is 7.48. The van der Waals surface area contributed by atoms with Gasteiger partial charge in [-0.25, -0.2) is 0 Å². The van der Waals surface area contributed by atoms with Gasteiger partial charge in [-0.15, -0.1) is 0 Å². The monoisotopic (exact) mass is 277 g/mol.